The summed E-state index contributed by atoms with van der Waals surface area (Å²) < 4.78 is 0. The molecule has 0 aliphatic carbocycles. The fraction of sp³-hybridized carbons (Fsp3) is 0.500. The zero-order valence-electron chi connectivity index (χ0n) is 6.87. The Morgan fingerprint density at radius 1 is 1.36 bits per heavy atom. The van der Waals surface area contributed by atoms with Gasteiger partial charge in [0.25, 0.3) is 0 Å². The van der Waals surface area contributed by atoms with Crippen LogP contribution in [0.25, 0.3) is 0 Å². The Labute approximate surface area is 71.5 Å². The van der Waals surface area contributed by atoms with Crippen LogP contribution in [-0.2, 0) is 0 Å². The lowest BCUT2D eigenvalue weighted by atomic mass is 10.4. The van der Waals surface area contributed by atoms with E-state index in [0.717, 1.165) is 16.5 Å². The molecule has 0 bridgehead atoms. The van der Waals surface area contributed by atoms with Crippen LogP contribution in [0.1, 0.15) is 18.9 Å². The molecule has 0 spiro atoms. The molecule has 1 aromatic heterocycles. The van der Waals surface area contributed by atoms with Crippen molar-refractivity contribution in [3.8, 4) is 0 Å². The van der Waals surface area contributed by atoms with Gasteiger partial charge in [0, 0.05) is 18.1 Å². The molecule has 0 aliphatic heterocycles. The van der Waals surface area contributed by atoms with Crippen molar-refractivity contribution in [1.29, 1.82) is 0 Å². The standard InChI is InChI=1S/C8H12N2S/c1-3-4-11-8-9-5-7(2)6-10-8/h5-6H,3-4H2,1-2H3. The van der Waals surface area contributed by atoms with Crippen molar-refractivity contribution in [2.45, 2.75) is 25.4 Å². The molecule has 11 heavy (non-hydrogen) atoms. The van der Waals surface area contributed by atoms with Gasteiger partial charge in [-0.1, -0.05) is 18.7 Å². The van der Waals surface area contributed by atoms with Crippen LogP contribution >= 0.6 is 11.8 Å². The molecule has 1 rings (SSSR count). The molecule has 0 radical (unpaired) electrons. The van der Waals surface area contributed by atoms with Gasteiger partial charge in [-0.15, -0.1) is 0 Å². The number of nitrogens with zero attached hydrogens (tertiary/aromatic N) is 2. The number of rotatable bonds is 3. The highest BCUT2D eigenvalue weighted by Gasteiger charge is 1.93. The van der Waals surface area contributed by atoms with E-state index in [1.54, 1.807) is 11.8 Å². The van der Waals surface area contributed by atoms with E-state index >= 15 is 0 Å². The maximum Gasteiger partial charge on any atom is 0.187 e. The molecule has 0 amide bonds. The van der Waals surface area contributed by atoms with Crippen molar-refractivity contribution in [2.75, 3.05) is 5.75 Å². The lowest BCUT2D eigenvalue weighted by Gasteiger charge is -1.96. The van der Waals surface area contributed by atoms with Gasteiger partial charge in [0.2, 0.25) is 0 Å². The highest BCUT2D eigenvalue weighted by atomic mass is 32.2. The molecule has 1 heterocycles. The summed E-state index contributed by atoms with van der Waals surface area (Å²) in [6, 6.07) is 0. The summed E-state index contributed by atoms with van der Waals surface area (Å²) in [6.07, 6.45) is 4.87. The molecule has 1 aromatic rings. The maximum atomic E-state index is 4.17. The average molecular weight is 168 g/mol. The second-order valence-electron chi connectivity index (χ2n) is 2.39. The minimum absolute atomic E-state index is 0.887. The second kappa shape index (κ2) is 4.34. The predicted molar refractivity (Wildman–Crippen MR) is 47.8 cm³/mol. The lowest BCUT2D eigenvalue weighted by Crippen LogP contribution is -1.87. The molecule has 60 valence electrons. The van der Waals surface area contributed by atoms with Gasteiger partial charge in [-0.05, 0) is 18.9 Å². The third-order valence-electron chi connectivity index (χ3n) is 1.19. The molecule has 0 atom stereocenters. The Kier molecular flexibility index (Phi) is 3.36. The number of thioether (sulfide) groups is 1. The molecule has 0 N–H and O–H groups in total. The van der Waals surface area contributed by atoms with Crippen LogP contribution in [0.5, 0.6) is 0 Å². The Hall–Kier alpha value is -0.570. The van der Waals surface area contributed by atoms with Crippen LogP contribution in [0.4, 0.5) is 0 Å². The molecule has 0 fully saturated rings. The molecule has 0 saturated heterocycles. The zero-order chi connectivity index (χ0) is 8.10. The van der Waals surface area contributed by atoms with Crippen molar-refractivity contribution < 1.29 is 0 Å². The predicted octanol–water partition coefficient (Wildman–Crippen LogP) is 2.29. The van der Waals surface area contributed by atoms with Crippen LogP contribution in [0, 0.1) is 6.92 Å². The van der Waals surface area contributed by atoms with E-state index in [-0.39, 0.29) is 0 Å². The normalized spacial score (nSPS) is 10.0. The van der Waals surface area contributed by atoms with Gasteiger partial charge in [-0.25, -0.2) is 9.97 Å². The smallest absolute Gasteiger partial charge is 0.187 e. The molecular formula is C8H12N2S. The van der Waals surface area contributed by atoms with Crippen LogP contribution < -0.4 is 0 Å². The Bertz CT molecular complexity index is 208. The fourth-order valence-corrected chi connectivity index (χ4v) is 1.29. The summed E-state index contributed by atoms with van der Waals surface area (Å²) in [7, 11) is 0. The van der Waals surface area contributed by atoms with E-state index in [9.17, 15) is 0 Å². The van der Waals surface area contributed by atoms with E-state index in [4.69, 9.17) is 0 Å². The summed E-state index contributed by atoms with van der Waals surface area (Å²) in [5.74, 6) is 1.10. The fourth-order valence-electron chi connectivity index (χ4n) is 0.649. The van der Waals surface area contributed by atoms with Crippen LogP contribution in [0.2, 0.25) is 0 Å². The topological polar surface area (TPSA) is 25.8 Å². The van der Waals surface area contributed by atoms with Gasteiger partial charge in [-0.2, -0.15) is 0 Å². The first kappa shape index (κ1) is 8.53. The molecule has 2 nitrogen and oxygen atoms in total. The van der Waals surface area contributed by atoms with Crippen molar-refractivity contribution in [3.63, 3.8) is 0 Å². The summed E-state index contributed by atoms with van der Waals surface area (Å²) in [4.78, 5) is 8.34. The highest BCUT2D eigenvalue weighted by Crippen LogP contribution is 2.12. The molecule has 0 aliphatic rings. The molecule has 0 unspecified atom stereocenters. The van der Waals surface area contributed by atoms with Crippen molar-refractivity contribution in [1.82, 2.24) is 9.97 Å². The third-order valence-corrected chi connectivity index (χ3v) is 2.27. The second-order valence-corrected chi connectivity index (χ2v) is 3.45. The SMILES string of the molecule is CCCSc1ncc(C)cn1. The van der Waals surface area contributed by atoms with E-state index < -0.39 is 0 Å². The quantitative estimate of drug-likeness (QED) is 0.511. The van der Waals surface area contributed by atoms with Crippen LogP contribution in [-0.4, -0.2) is 15.7 Å². The van der Waals surface area contributed by atoms with E-state index in [1.165, 1.54) is 6.42 Å². The Morgan fingerprint density at radius 3 is 2.55 bits per heavy atom. The van der Waals surface area contributed by atoms with E-state index in [1.807, 2.05) is 19.3 Å². The number of aryl methyl sites for hydroxylation is 1. The Morgan fingerprint density at radius 2 is 2.00 bits per heavy atom. The Balaban J connectivity index is 2.52. The number of hydrogen-bond acceptors (Lipinski definition) is 3. The number of aromatic nitrogens is 2. The molecule has 3 heteroatoms. The van der Waals surface area contributed by atoms with Crippen LogP contribution in [0.3, 0.4) is 0 Å². The van der Waals surface area contributed by atoms with Crippen LogP contribution in [0.15, 0.2) is 17.6 Å². The monoisotopic (exact) mass is 168 g/mol. The summed E-state index contributed by atoms with van der Waals surface area (Å²) in [5.41, 5.74) is 1.12. The van der Waals surface area contributed by atoms with E-state index in [0.29, 0.717) is 0 Å². The minimum atomic E-state index is 0.887. The van der Waals surface area contributed by atoms with Gasteiger partial charge >= 0.3 is 0 Å². The van der Waals surface area contributed by atoms with Crippen molar-refractivity contribution >= 4 is 11.8 Å². The van der Waals surface area contributed by atoms with Crippen molar-refractivity contribution in [3.05, 3.63) is 18.0 Å². The highest BCUT2D eigenvalue weighted by molar-refractivity contribution is 7.99. The first-order valence-electron chi connectivity index (χ1n) is 3.74. The van der Waals surface area contributed by atoms with Gasteiger partial charge in [-0.3, -0.25) is 0 Å². The molecule has 0 saturated carbocycles. The van der Waals surface area contributed by atoms with E-state index in [2.05, 4.69) is 16.9 Å². The summed E-state index contributed by atoms with van der Waals surface area (Å²) in [6.45, 7) is 4.15. The first-order chi connectivity index (χ1) is 5.33. The van der Waals surface area contributed by atoms with Gasteiger partial charge in [0.15, 0.2) is 5.16 Å². The third kappa shape index (κ3) is 2.89. The summed E-state index contributed by atoms with van der Waals surface area (Å²) in [5, 5.41) is 0.887. The average Bonchev–Trinajstić information content (AvgIpc) is 2.04. The maximum absolute atomic E-state index is 4.17. The summed E-state index contributed by atoms with van der Waals surface area (Å²) >= 11 is 1.71. The van der Waals surface area contributed by atoms with Crippen molar-refractivity contribution in [2.24, 2.45) is 0 Å². The number of hydrogen-bond donors (Lipinski definition) is 0. The first-order valence-corrected chi connectivity index (χ1v) is 4.73. The largest absolute Gasteiger partial charge is 0.231 e. The van der Waals surface area contributed by atoms with Gasteiger partial charge in [0.05, 0.1) is 0 Å². The molecule has 0 aromatic carbocycles. The lowest BCUT2D eigenvalue weighted by molar-refractivity contribution is 0.945. The minimum Gasteiger partial charge on any atom is -0.231 e. The van der Waals surface area contributed by atoms with Gasteiger partial charge < -0.3 is 0 Å². The molecular weight excluding hydrogens is 156 g/mol. The van der Waals surface area contributed by atoms with Gasteiger partial charge in [0.1, 0.15) is 0 Å². The zero-order valence-corrected chi connectivity index (χ0v) is 7.69.